The monoisotopic (exact) mass is 212 g/mol. The Labute approximate surface area is 92.1 Å². The van der Waals surface area contributed by atoms with Gasteiger partial charge in [-0.3, -0.25) is 4.79 Å². The lowest BCUT2D eigenvalue weighted by Crippen LogP contribution is -2.20. The minimum Gasteiger partial charge on any atom is -0.447 e. The maximum atomic E-state index is 10.6. The number of carbonyl (C=O) groups excluding carboxylic acids is 1. The molecule has 0 rings (SSSR count). The SMILES string of the molecule is C#C[C@H](COCCCCCC)OC(C)=O. The average molecular weight is 212 g/mol. The highest BCUT2D eigenvalue weighted by atomic mass is 16.6. The Morgan fingerprint density at radius 1 is 1.40 bits per heavy atom. The quantitative estimate of drug-likeness (QED) is 0.351. The van der Waals surface area contributed by atoms with Gasteiger partial charge >= 0.3 is 5.97 Å². The lowest BCUT2D eigenvalue weighted by molar-refractivity contribution is -0.146. The number of unbranched alkanes of at least 4 members (excludes halogenated alkanes) is 3. The largest absolute Gasteiger partial charge is 0.447 e. The van der Waals surface area contributed by atoms with Crippen LogP contribution in [0.15, 0.2) is 0 Å². The maximum Gasteiger partial charge on any atom is 0.303 e. The van der Waals surface area contributed by atoms with Gasteiger partial charge in [-0.2, -0.15) is 0 Å². The highest BCUT2D eigenvalue weighted by Gasteiger charge is 2.07. The van der Waals surface area contributed by atoms with E-state index < -0.39 is 6.10 Å². The molecule has 0 aliphatic carbocycles. The lowest BCUT2D eigenvalue weighted by atomic mass is 10.2. The van der Waals surface area contributed by atoms with Crippen molar-refractivity contribution in [3.05, 3.63) is 0 Å². The number of terminal acetylenes is 1. The van der Waals surface area contributed by atoms with Crippen molar-refractivity contribution in [3.63, 3.8) is 0 Å². The predicted molar refractivity (Wildman–Crippen MR) is 59.3 cm³/mol. The summed E-state index contributed by atoms with van der Waals surface area (Å²) in [7, 11) is 0. The molecule has 0 fully saturated rings. The van der Waals surface area contributed by atoms with Gasteiger partial charge in [-0.15, -0.1) is 6.42 Å². The molecule has 0 bridgehead atoms. The fourth-order valence-corrected chi connectivity index (χ4v) is 1.14. The van der Waals surface area contributed by atoms with Crippen LogP contribution in [-0.2, 0) is 14.3 Å². The third-order valence-corrected chi connectivity index (χ3v) is 1.91. The standard InChI is InChI=1S/C12H20O3/c1-4-6-7-8-9-14-10-12(5-2)15-11(3)13/h2,12H,4,6-10H2,1,3H3/t12-/m1/s1. The van der Waals surface area contributed by atoms with E-state index in [1.54, 1.807) is 0 Å². The Morgan fingerprint density at radius 3 is 2.67 bits per heavy atom. The molecule has 3 nitrogen and oxygen atoms in total. The van der Waals surface area contributed by atoms with E-state index in [1.807, 2.05) is 0 Å². The van der Waals surface area contributed by atoms with E-state index in [4.69, 9.17) is 15.9 Å². The molecule has 0 aromatic rings. The smallest absolute Gasteiger partial charge is 0.303 e. The number of esters is 1. The van der Waals surface area contributed by atoms with Crippen molar-refractivity contribution in [2.45, 2.75) is 45.6 Å². The van der Waals surface area contributed by atoms with Crippen molar-refractivity contribution in [3.8, 4) is 12.3 Å². The Hall–Kier alpha value is -1.01. The second kappa shape index (κ2) is 9.54. The van der Waals surface area contributed by atoms with E-state index >= 15 is 0 Å². The summed E-state index contributed by atoms with van der Waals surface area (Å²) in [6.45, 7) is 4.48. The minimum atomic E-state index is -0.548. The molecule has 0 N–H and O–H groups in total. The van der Waals surface area contributed by atoms with E-state index in [1.165, 1.54) is 26.2 Å². The predicted octanol–water partition coefficient (Wildman–Crippen LogP) is 2.15. The van der Waals surface area contributed by atoms with Gasteiger partial charge in [-0.25, -0.2) is 0 Å². The van der Waals surface area contributed by atoms with Crippen molar-refractivity contribution >= 4 is 5.97 Å². The van der Waals surface area contributed by atoms with Crippen LogP contribution in [0.5, 0.6) is 0 Å². The number of carbonyl (C=O) groups is 1. The van der Waals surface area contributed by atoms with Crippen LogP contribution >= 0.6 is 0 Å². The maximum absolute atomic E-state index is 10.6. The summed E-state index contributed by atoms with van der Waals surface area (Å²) in [6, 6.07) is 0. The lowest BCUT2D eigenvalue weighted by Gasteiger charge is -2.11. The number of rotatable bonds is 8. The molecule has 0 aliphatic rings. The third kappa shape index (κ3) is 9.30. The van der Waals surface area contributed by atoms with E-state index in [-0.39, 0.29) is 5.97 Å². The molecule has 0 aliphatic heterocycles. The molecular formula is C12H20O3. The van der Waals surface area contributed by atoms with Crippen molar-refractivity contribution in [2.75, 3.05) is 13.2 Å². The summed E-state index contributed by atoms with van der Waals surface area (Å²) in [6.07, 6.45) is 9.27. The van der Waals surface area contributed by atoms with Crippen molar-refractivity contribution in [1.82, 2.24) is 0 Å². The van der Waals surface area contributed by atoms with Gasteiger partial charge in [-0.05, 0) is 6.42 Å². The van der Waals surface area contributed by atoms with Gasteiger partial charge in [0.15, 0.2) is 6.10 Å². The zero-order valence-electron chi connectivity index (χ0n) is 9.62. The number of hydrogen-bond acceptors (Lipinski definition) is 3. The van der Waals surface area contributed by atoms with E-state index in [9.17, 15) is 4.79 Å². The molecular weight excluding hydrogens is 192 g/mol. The molecule has 86 valence electrons. The van der Waals surface area contributed by atoms with Gasteiger partial charge in [0.05, 0.1) is 6.61 Å². The first-order chi connectivity index (χ1) is 7.20. The minimum absolute atomic E-state index is 0.294. The Bertz CT molecular complexity index is 205. The first kappa shape index (κ1) is 14.0. The molecule has 3 heteroatoms. The van der Waals surface area contributed by atoms with Crippen LogP contribution in [0.1, 0.15) is 39.5 Å². The Kier molecular flexibility index (Phi) is 8.90. The summed E-state index contributed by atoms with van der Waals surface area (Å²) < 4.78 is 10.1. The van der Waals surface area contributed by atoms with Gasteiger partial charge in [-0.1, -0.05) is 32.1 Å². The number of ether oxygens (including phenoxy) is 2. The second-order valence-electron chi connectivity index (χ2n) is 3.40. The third-order valence-electron chi connectivity index (χ3n) is 1.91. The fraction of sp³-hybridized carbons (Fsp3) is 0.750. The van der Waals surface area contributed by atoms with Crippen LogP contribution in [0.3, 0.4) is 0 Å². The zero-order valence-corrected chi connectivity index (χ0v) is 9.62. The summed E-state index contributed by atoms with van der Waals surface area (Å²) >= 11 is 0. The van der Waals surface area contributed by atoms with E-state index in [2.05, 4.69) is 12.8 Å². The van der Waals surface area contributed by atoms with Crippen molar-refractivity contribution in [1.29, 1.82) is 0 Å². The molecule has 0 unspecified atom stereocenters. The molecule has 0 aromatic carbocycles. The van der Waals surface area contributed by atoms with Crippen LogP contribution in [0.25, 0.3) is 0 Å². The van der Waals surface area contributed by atoms with Crippen molar-refractivity contribution < 1.29 is 14.3 Å². The highest BCUT2D eigenvalue weighted by Crippen LogP contribution is 2.00. The van der Waals surface area contributed by atoms with Gasteiger partial charge in [0.2, 0.25) is 0 Å². The van der Waals surface area contributed by atoms with Gasteiger partial charge in [0, 0.05) is 13.5 Å². The second-order valence-corrected chi connectivity index (χ2v) is 3.40. The molecule has 0 spiro atoms. The molecule has 0 saturated carbocycles. The topological polar surface area (TPSA) is 35.5 Å². The van der Waals surface area contributed by atoms with Gasteiger partial charge < -0.3 is 9.47 Å². The van der Waals surface area contributed by atoms with Crippen LogP contribution in [0, 0.1) is 12.3 Å². The van der Waals surface area contributed by atoms with Gasteiger partial charge in [0.1, 0.15) is 0 Å². The zero-order chi connectivity index (χ0) is 11.5. The Balaban J connectivity index is 3.39. The number of hydrogen-bond donors (Lipinski definition) is 0. The molecule has 0 saturated heterocycles. The molecule has 15 heavy (non-hydrogen) atoms. The summed E-state index contributed by atoms with van der Waals surface area (Å²) in [5.74, 6) is 2.00. The fourth-order valence-electron chi connectivity index (χ4n) is 1.14. The molecule has 0 heterocycles. The highest BCUT2D eigenvalue weighted by molar-refractivity contribution is 5.66. The Morgan fingerprint density at radius 2 is 2.13 bits per heavy atom. The molecule has 1 atom stereocenters. The van der Waals surface area contributed by atoms with Crippen LogP contribution in [0.2, 0.25) is 0 Å². The van der Waals surface area contributed by atoms with Crippen LogP contribution in [0.4, 0.5) is 0 Å². The summed E-state index contributed by atoms with van der Waals surface area (Å²) in [4.78, 5) is 10.6. The van der Waals surface area contributed by atoms with Crippen molar-refractivity contribution in [2.24, 2.45) is 0 Å². The molecule has 0 aromatic heterocycles. The first-order valence-electron chi connectivity index (χ1n) is 5.41. The summed E-state index contributed by atoms with van der Waals surface area (Å²) in [5.41, 5.74) is 0. The van der Waals surface area contributed by atoms with E-state index in [0.717, 1.165) is 6.42 Å². The summed E-state index contributed by atoms with van der Waals surface area (Å²) in [5, 5.41) is 0. The van der Waals surface area contributed by atoms with E-state index in [0.29, 0.717) is 13.2 Å². The average Bonchev–Trinajstić information content (AvgIpc) is 2.20. The van der Waals surface area contributed by atoms with Gasteiger partial charge in [0.25, 0.3) is 0 Å². The molecule has 0 amide bonds. The van der Waals surface area contributed by atoms with Crippen LogP contribution in [-0.4, -0.2) is 25.3 Å². The first-order valence-corrected chi connectivity index (χ1v) is 5.41. The molecule has 0 radical (unpaired) electrons. The normalized spacial score (nSPS) is 11.8. The van der Waals surface area contributed by atoms with Crippen LogP contribution < -0.4 is 0 Å².